The molecule has 128 valence electrons. The molecule has 0 saturated carbocycles. The lowest BCUT2D eigenvalue weighted by atomic mass is 10.1. The Morgan fingerprint density at radius 3 is 2.60 bits per heavy atom. The van der Waals surface area contributed by atoms with Gasteiger partial charge in [-0.25, -0.2) is 0 Å². The van der Waals surface area contributed by atoms with Crippen LogP contribution in [-0.2, 0) is 6.18 Å². The predicted octanol–water partition coefficient (Wildman–Crippen LogP) is 2.54. The van der Waals surface area contributed by atoms with Crippen molar-refractivity contribution >= 4 is 29.3 Å². The third kappa shape index (κ3) is 3.80. The van der Waals surface area contributed by atoms with Crippen LogP contribution >= 0.6 is 11.3 Å². The van der Waals surface area contributed by atoms with Crippen LogP contribution in [0.3, 0.4) is 0 Å². The number of benzene rings is 1. The van der Waals surface area contributed by atoms with Crippen molar-refractivity contribution in [3.8, 4) is 0 Å². The molecule has 0 fully saturated rings. The van der Waals surface area contributed by atoms with Crippen molar-refractivity contribution in [2.75, 3.05) is 0 Å². The number of aromatic amines is 1. The number of nitrogens with one attached hydrogen (secondary N) is 1. The number of alkyl halides is 3. The number of H-pyrrole nitrogens is 1. The van der Waals surface area contributed by atoms with Gasteiger partial charge in [0.15, 0.2) is 5.76 Å². The molecule has 1 aromatic carbocycles. The molecule has 2 aromatic heterocycles. The molecule has 0 bridgehead atoms. The maximum atomic E-state index is 13.0. The lowest BCUT2D eigenvalue weighted by Gasteiger charge is -2.09. The Labute approximate surface area is 142 Å². The topological polar surface area (TPSA) is 63.1 Å². The van der Waals surface area contributed by atoms with E-state index in [0.29, 0.717) is 0 Å². The van der Waals surface area contributed by atoms with Gasteiger partial charge in [0, 0.05) is 6.08 Å². The number of ketones is 1. The van der Waals surface area contributed by atoms with Gasteiger partial charge in [0.25, 0.3) is 5.56 Å². The summed E-state index contributed by atoms with van der Waals surface area (Å²) < 4.78 is 44.3. The maximum absolute atomic E-state index is 13.0. The number of hydrogen-bond acceptors (Lipinski definition) is 4. The summed E-state index contributed by atoms with van der Waals surface area (Å²) in [6.45, 7) is 0. The summed E-state index contributed by atoms with van der Waals surface area (Å²) in [5.74, 6) is -0.355. The largest absolute Gasteiger partial charge is 0.461 e. The van der Waals surface area contributed by atoms with Crippen LogP contribution < -0.4 is 14.8 Å². The van der Waals surface area contributed by atoms with E-state index < -0.39 is 23.1 Å². The molecule has 1 N–H and O–H groups in total. The van der Waals surface area contributed by atoms with E-state index >= 15 is 0 Å². The highest BCUT2D eigenvalue weighted by molar-refractivity contribution is 7.07. The molecule has 4 nitrogen and oxygen atoms in total. The molecule has 0 unspecified atom stereocenters. The molecule has 0 aliphatic heterocycles. The summed E-state index contributed by atoms with van der Waals surface area (Å²) in [5, 5.41) is 0. The highest BCUT2D eigenvalue weighted by Crippen LogP contribution is 2.31. The Hall–Kier alpha value is -2.87. The molecule has 3 aromatic rings. The first-order chi connectivity index (χ1) is 11.8. The molecule has 3 rings (SSSR count). The highest BCUT2D eigenvalue weighted by atomic mass is 32.1. The van der Waals surface area contributed by atoms with Crippen LogP contribution in [0.2, 0.25) is 0 Å². The van der Waals surface area contributed by atoms with Gasteiger partial charge in [-0.3, -0.25) is 9.59 Å². The number of aromatic nitrogens is 1. The smallest absolute Gasteiger partial charge is 0.416 e. The first-order valence-corrected chi connectivity index (χ1v) is 7.83. The molecule has 0 radical (unpaired) electrons. The van der Waals surface area contributed by atoms with Crippen molar-refractivity contribution in [2.45, 2.75) is 6.18 Å². The van der Waals surface area contributed by atoms with Gasteiger partial charge in [0.2, 0.25) is 5.78 Å². The predicted molar refractivity (Wildman–Crippen MR) is 86.7 cm³/mol. The standard InChI is InChI=1S/C17H10F3NO3S/c18-17(19,20)11-5-2-1-4-10(11)8-14-16(23)21-15(25-14)9-12(22)13-6-3-7-24-13/h1-9H,(H,21,23). The van der Waals surface area contributed by atoms with E-state index in [2.05, 4.69) is 4.98 Å². The quantitative estimate of drug-likeness (QED) is 0.726. The van der Waals surface area contributed by atoms with Crippen LogP contribution in [0.25, 0.3) is 12.2 Å². The van der Waals surface area contributed by atoms with E-state index in [-0.39, 0.29) is 20.5 Å². The normalized spacial score (nSPS) is 13.4. The van der Waals surface area contributed by atoms with Crippen molar-refractivity contribution in [1.29, 1.82) is 0 Å². The van der Waals surface area contributed by atoms with E-state index in [1.54, 1.807) is 6.07 Å². The number of carbonyl (C=O) groups is 1. The van der Waals surface area contributed by atoms with Crippen LogP contribution in [0, 0.1) is 0 Å². The number of furan rings is 1. The van der Waals surface area contributed by atoms with Crippen molar-refractivity contribution < 1.29 is 22.4 Å². The van der Waals surface area contributed by atoms with Crippen LogP contribution in [0.1, 0.15) is 21.7 Å². The fourth-order valence-electron chi connectivity index (χ4n) is 2.16. The summed E-state index contributed by atoms with van der Waals surface area (Å²) in [7, 11) is 0. The number of hydrogen-bond donors (Lipinski definition) is 1. The van der Waals surface area contributed by atoms with Crippen molar-refractivity contribution in [3.63, 3.8) is 0 Å². The zero-order valence-electron chi connectivity index (χ0n) is 12.5. The molecule has 0 spiro atoms. The Balaban J connectivity index is 2.06. The second-order valence-corrected chi connectivity index (χ2v) is 6.08. The molecule has 0 aliphatic carbocycles. The SMILES string of the molecule is O=C(C=c1[nH]c(=O)c(=Cc2ccccc2C(F)(F)F)s1)c1ccco1. The van der Waals surface area contributed by atoms with Gasteiger partial charge >= 0.3 is 6.18 Å². The van der Waals surface area contributed by atoms with E-state index in [1.165, 1.54) is 30.5 Å². The highest BCUT2D eigenvalue weighted by Gasteiger charge is 2.32. The first kappa shape index (κ1) is 17.0. The van der Waals surface area contributed by atoms with Crippen LogP contribution in [0.5, 0.6) is 0 Å². The molecule has 0 atom stereocenters. The molecule has 25 heavy (non-hydrogen) atoms. The van der Waals surface area contributed by atoms with E-state index in [4.69, 9.17) is 4.42 Å². The molecule has 0 amide bonds. The van der Waals surface area contributed by atoms with Crippen LogP contribution in [-0.4, -0.2) is 10.8 Å². The van der Waals surface area contributed by atoms with Gasteiger partial charge in [-0.1, -0.05) is 18.2 Å². The van der Waals surface area contributed by atoms with Gasteiger partial charge in [0.1, 0.15) is 0 Å². The van der Waals surface area contributed by atoms with Crippen molar-refractivity contribution in [3.05, 3.63) is 79.1 Å². The van der Waals surface area contributed by atoms with Gasteiger partial charge in [0.05, 0.1) is 21.0 Å². The Morgan fingerprint density at radius 1 is 1.16 bits per heavy atom. The molecule has 8 heteroatoms. The third-order valence-corrected chi connectivity index (χ3v) is 4.22. The van der Waals surface area contributed by atoms with Gasteiger partial charge in [-0.15, -0.1) is 11.3 Å². The van der Waals surface area contributed by atoms with E-state index in [0.717, 1.165) is 29.6 Å². The van der Waals surface area contributed by atoms with Crippen molar-refractivity contribution in [1.82, 2.24) is 4.98 Å². The van der Waals surface area contributed by atoms with Crippen LogP contribution in [0.15, 0.2) is 51.9 Å². The minimum atomic E-state index is -4.53. The zero-order valence-corrected chi connectivity index (χ0v) is 13.3. The van der Waals surface area contributed by atoms with E-state index in [1.807, 2.05) is 0 Å². The van der Waals surface area contributed by atoms with Crippen molar-refractivity contribution in [2.24, 2.45) is 0 Å². The fraction of sp³-hybridized carbons (Fsp3) is 0.0588. The van der Waals surface area contributed by atoms with Crippen LogP contribution in [0.4, 0.5) is 13.2 Å². The second kappa shape index (κ2) is 6.56. The average Bonchev–Trinajstić information content (AvgIpc) is 3.18. The average molecular weight is 365 g/mol. The Bertz CT molecular complexity index is 1080. The second-order valence-electron chi connectivity index (χ2n) is 5.00. The molecule has 0 saturated heterocycles. The number of thiazole rings is 1. The molecule has 2 heterocycles. The molecular formula is C17H10F3NO3S. The summed E-state index contributed by atoms with van der Waals surface area (Å²) in [4.78, 5) is 26.3. The van der Waals surface area contributed by atoms with Gasteiger partial charge < -0.3 is 9.40 Å². The first-order valence-electron chi connectivity index (χ1n) is 7.01. The number of halogens is 3. The number of Topliss-reactive ketones (excluding diaryl/α,β-unsaturated/α-hetero) is 1. The minimum Gasteiger partial charge on any atom is -0.461 e. The lowest BCUT2D eigenvalue weighted by Crippen LogP contribution is -2.20. The van der Waals surface area contributed by atoms with E-state index in [9.17, 15) is 22.8 Å². The number of rotatable bonds is 3. The summed E-state index contributed by atoms with van der Waals surface area (Å²) in [6.07, 6.45) is -0.869. The Morgan fingerprint density at radius 2 is 1.92 bits per heavy atom. The molecule has 0 aliphatic rings. The summed E-state index contributed by atoms with van der Waals surface area (Å²) in [6, 6.07) is 7.97. The van der Waals surface area contributed by atoms with Gasteiger partial charge in [-0.05, 0) is 29.8 Å². The summed E-state index contributed by atoms with van der Waals surface area (Å²) >= 11 is 0.890. The Kier molecular flexibility index (Phi) is 4.45. The summed E-state index contributed by atoms with van der Waals surface area (Å²) in [5.41, 5.74) is -1.52. The fourth-order valence-corrected chi connectivity index (χ4v) is 3.03. The number of carbonyl (C=O) groups excluding carboxylic acids is 1. The maximum Gasteiger partial charge on any atom is 0.416 e. The molecular weight excluding hydrogens is 355 g/mol. The van der Waals surface area contributed by atoms with Gasteiger partial charge in [-0.2, -0.15) is 13.2 Å². The zero-order chi connectivity index (χ0) is 18.0. The lowest BCUT2D eigenvalue weighted by molar-refractivity contribution is -0.137. The third-order valence-electron chi connectivity index (χ3n) is 3.26. The monoisotopic (exact) mass is 365 g/mol. The minimum absolute atomic E-state index is 0.0650.